The highest BCUT2D eigenvalue weighted by atomic mass is 16.5. The molecule has 0 saturated carbocycles. The lowest BCUT2D eigenvalue weighted by Gasteiger charge is -2.37. The smallest absolute Gasteiger partial charge is 0.253 e. The third-order valence-electron chi connectivity index (χ3n) is 4.92. The SMILES string of the molecule is CC(C)N(CCC(N)=O)C(=O)C[C@@H]1COc2ccc(C(=O)N(C)C)cc2N1C. The summed E-state index contributed by atoms with van der Waals surface area (Å²) in [4.78, 5) is 41.3. The summed E-state index contributed by atoms with van der Waals surface area (Å²) in [6.45, 7) is 4.50. The number of primary amides is 1. The highest BCUT2D eigenvalue weighted by molar-refractivity contribution is 5.95. The van der Waals surface area contributed by atoms with E-state index >= 15 is 0 Å². The van der Waals surface area contributed by atoms with Crippen LogP contribution >= 0.6 is 0 Å². The number of amides is 3. The third-order valence-corrected chi connectivity index (χ3v) is 4.92. The molecule has 0 aromatic heterocycles. The zero-order valence-corrected chi connectivity index (χ0v) is 17.3. The maximum absolute atomic E-state index is 12.8. The van der Waals surface area contributed by atoms with Gasteiger partial charge >= 0.3 is 0 Å². The summed E-state index contributed by atoms with van der Waals surface area (Å²) in [5, 5.41) is 0. The van der Waals surface area contributed by atoms with Crippen molar-refractivity contribution in [2.45, 2.75) is 38.8 Å². The first-order valence-electron chi connectivity index (χ1n) is 9.41. The standard InChI is InChI=1S/C20H30N4O4/c1-13(2)24(9-8-18(21)25)19(26)11-15-12-28-17-7-6-14(20(27)22(3)4)10-16(17)23(15)5/h6-7,10,13,15H,8-9,11-12H2,1-5H3,(H2,21,25)/t15-/m1/s1. The Balaban J connectivity index is 2.15. The van der Waals surface area contributed by atoms with Gasteiger partial charge in [-0.1, -0.05) is 0 Å². The van der Waals surface area contributed by atoms with Gasteiger partial charge in [-0.05, 0) is 32.0 Å². The Bertz CT molecular complexity index is 748. The Morgan fingerprint density at radius 2 is 1.96 bits per heavy atom. The van der Waals surface area contributed by atoms with E-state index in [-0.39, 0.29) is 36.7 Å². The van der Waals surface area contributed by atoms with Gasteiger partial charge < -0.3 is 25.2 Å². The molecule has 154 valence electrons. The van der Waals surface area contributed by atoms with Gasteiger partial charge in [0.15, 0.2) is 0 Å². The zero-order chi connectivity index (χ0) is 21.0. The van der Waals surface area contributed by atoms with Crippen LogP contribution in [0.15, 0.2) is 18.2 Å². The van der Waals surface area contributed by atoms with E-state index in [0.717, 1.165) is 5.69 Å². The van der Waals surface area contributed by atoms with Gasteiger partial charge in [0.2, 0.25) is 11.8 Å². The van der Waals surface area contributed by atoms with Crippen LogP contribution in [0.25, 0.3) is 0 Å². The summed E-state index contributed by atoms with van der Waals surface area (Å²) in [6, 6.07) is 5.12. The molecule has 8 heteroatoms. The van der Waals surface area contributed by atoms with E-state index in [1.807, 2.05) is 25.8 Å². The molecule has 1 heterocycles. The van der Waals surface area contributed by atoms with Gasteiger partial charge in [-0.2, -0.15) is 0 Å². The molecule has 0 saturated heterocycles. The van der Waals surface area contributed by atoms with E-state index in [2.05, 4.69) is 0 Å². The molecule has 2 N–H and O–H groups in total. The van der Waals surface area contributed by atoms with Crippen LogP contribution in [-0.4, -0.2) is 73.9 Å². The van der Waals surface area contributed by atoms with Crippen LogP contribution in [0, 0.1) is 0 Å². The molecule has 0 aliphatic carbocycles. The number of rotatable bonds is 7. The topological polar surface area (TPSA) is 96.2 Å². The van der Waals surface area contributed by atoms with Crippen molar-refractivity contribution < 1.29 is 19.1 Å². The Kier molecular flexibility index (Phi) is 6.88. The average Bonchev–Trinajstić information content (AvgIpc) is 2.62. The van der Waals surface area contributed by atoms with Crippen LogP contribution in [-0.2, 0) is 9.59 Å². The van der Waals surface area contributed by atoms with Crippen molar-refractivity contribution in [1.82, 2.24) is 9.80 Å². The molecule has 28 heavy (non-hydrogen) atoms. The number of nitrogens with two attached hydrogens (primary N) is 1. The predicted molar refractivity (Wildman–Crippen MR) is 107 cm³/mol. The monoisotopic (exact) mass is 390 g/mol. The van der Waals surface area contributed by atoms with E-state index in [9.17, 15) is 14.4 Å². The third kappa shape index (κ3) is 4.94. The number of nitrogens with zero attached hydrogens (tertiary/aromatic N) is 3. The summed E-state index contributed by atoms with van der Waals surface area (Å²) in [6.07, 6.45) is 0.387. The average molecular weight is 390 g/mol. The van der Waals surface area contributed by atoms with Gasteiger partial charge in [-0.25, -0.2) is 0 Å². The normalized spacial score (nSPS) is 15.6. The number of fused-ring (bicyclic) bond motifs is 1. The molecule has 1 aromatic rings. The second-order valence-corrected chi connectivity index (χ2v) is 7.56. The molecule has 3 amide bonds. The molecular formula is C20H30N4O4. The molecule has 1 aliphatic rings. The number of carbonyl (C=O) groups is 3. The van der Waals surface area contributed by atoms with E-state index in [1.54, 1.807) is 37.2 Å². The second-order valence-electron chi connectivity index (χ2n) is 7.56. The van der Waals surface area contributed by atoms with Crippen LogP contribution in [0.3, 0.4) is 0 Å². The summed E-state index contributed by atoms with van der Waals surface area (Å²) < 4.78 is 5.83. The minimum Gasteiger partial charge on any atom is -0.489 e. The lowest BCUT2D eigenvalue weighted by Crippen LogP contribution is -2.46. The molecule has 0 unspecified atom stereocenters. The maximum atomic E-state index is 12.8. The summed E-state index contributed by atoms with van der Waals surface area (Å²) in [5.74, 6) is 0.118. The van der Waals surface area contributed by atoms with E-state index in [0.29, 0.717) is 24.5 Å². The van der Waals surface area contributed by atoms with Gasteiger partial charge in [-0.15, -0.1) is 0 Å². The van der Waals surface area contributed by atoms with E-state index in [4.69, 9.17) is 10.5 Å². The molecule has 0 bridgehead atoms. The highest BCUT2D eigenvalue weighted by Crippen LogP contribution is 2.35. The fourth-order valence-corrected chi connectivity index (χ4v) is 3.22. The van der Waals surface area contributed by atoms with Crippen molar-refractivity contribution in [3.05, 3.63) is 23.8 Å². The van der Waals surface area contributed by atoms with Gasteiger partial charge in [0.1, 0.15) is 12.4 Å². The van der Waals surface area contributed by atoms with Crippen molar-refractivity contribution in [2.24, 2.45) is 5.73 Å². The van der Waals surface area contributed by atoms with Crippen LogP contribution in [0.2, 0.25) is 0 Å². The van der Waals surface area contributed by atoms with Crippen molar-refractivity contribution in [2.75, 3.05) is 39.2 Å². The van der Waals surface area contributed by atoms with Gasteiger partial charge in [0, 0.05) is 45.7 Å². The van der Waals surface area contributed by atoms with Gasteiger partial charge in [0.05, 0.1) is 18.2 Å². The number of likely N-dealkylation sites (N-methyl/N-ethyl adjacent to an activating group) is 1. The quantitative estimate of drug-likeness (QED) is 0.752. The molecule has 1 aromatic carbocycles. The molecule has 8 nitrogen and oxygen atoms in total. The second kappa shape index (κ2) is 8.95. The Morgan fingerprint density at radius 3 is 2.54 bits per heavy atom. The lowest BCUT2D eigenvalue weighted by atomic mass is 10.1. The molecule has 2 rings (SSSR count). The van der Waals surface area contributed by atoms with Crippen molar-refractivity contribution in [3.8, 4) is 5.75 Å². The number of benzene rings is 1. The Labute approximate surface area is 166 Å². The zero-order valence-electron chi connectivity index (χ0n) is 17.3. The first-order chi connectivity index (χ1) is 13.1. The van der Waals surface area contributed by atoms with Crippen LogP contribution in [0.4, 0.5) is 5.69 Å². The summed E-state index contributed by atoms with van der Waals surface area (Å²) >= 11 is 0. The van der Waals surface area contributed by atoms with Crippen molar-refractivity contribution >= 4 is 23.4 Å². The van der Waals surface area contributed by atoms with Crippen molar-refractivity contribution in [1.29, 1.82) is 0 Å². The molecule has 1 aliphatic heterocycles. The van der Waals surface area contributed by atoms with E-state index < -0.39 is 5.91 Å². The first-order valence-corrected chi connectivity index (χ1v) is 9.41. The molecule has 0 radical (unpaired) electrons. The lowest BCUT2D eigenvalue weighted by molar-refractivity contribution is -0.134. The molecule has 1 atom stereocenters. The number of hydrogen-bond donors (Lipinski definition) is 1. The minimum absolute atomic E-state index is 0.0294. The first kappa shape index (κ1) is 21.5. The Hall–Kier alpha value is -2.77. The van der Waals surface area contributed by atoms with Gasteiger partial charge in [-0.3, -0.25) is 14.4 Å². The molecular weight excluding hydrogens is 360 g/mol. The largest absolute Gasteiger partial charge is 0.489 e. The summed E-state index contributed by atoms with van der Waals surface area (Å²) in [5.41, 5.74) is 6.57. The molecule has 0 spiro atoms. The van der Waals surface area contributed by atoms with Crippen molar-refractivity contribution in [3.63, 3.8) is 0 Å². The maximum Gasteiger partial charge on any atom is 0.253 e. The van der Waals surface area contributed by atoms with Gasteiger partial charge in [0.25, 0.3) is 5.91 Å². The molecule has 0 fully saturated rings. The Morgan fingerprint density at radius 1 is 1.29 bits per heavy atom. The fraction of sp³-hybridized carbons (Fsp3) is 0.550. The van der Waals surface area contributed by atoms with Crippen LogP contribution in [0.5, 0.6) is 5.75 Å². The highest BCUT2D eigenvalue weighted by Gasteiger charge is 2.30. The number of ether oxygens (including phenoxy) is 1. The number of carbonyl (C=O) groups excluding carboxylic acids is 3. The number of hydrogen-bond acceptors (Lipinski definition) is 5. The van der Waals surface area contributed by atoms with Crippen LogP contribution < -0.4 is 15.4 Å². The number of anilines is 1. The van der Waals surface area contributed by atoms with E-state index in [1.165, 1.54) is 4.90 Å². The summed E-state index contributed by atoms with van der Waals surface area (Å²) in [7, 11) is 5.30. The predicted octanol–water partition coefficient (Wildman–Crippen LogP) is 1.09. The minimum atomic E-state index is -0.427. The fourth-order valence-electron chi connectivity index (χ4n) is 3.22. The van der Waals surface area contributed by atoms with Crippen LogP contribution in [0.1, 0.15) is 37.0 Å².